The van der Waals surface area contributed by atoms with Gasteiger partial charge in [-0.2, -0.15) is 5.10 Å². The molecule has 1 heterocycles. The van der Waals surface area contributed by atoms with Crippen molar-refractivity contribution in [2.24, 2.45) is 0 Å². The Labute approximate surface area is 142 Å². The van der Waals surface area contributed by atoms with Crippen molar-refractivity contribution in [1.29, 1.82) is 0 Å². The van der Waals surface area contributed by atoms with Gasteiger partial charge in [-0.15, -0.1) is 0 Å². The van der Waals surface area contributed by atoms with Crippen molar-refractivity contribution in [3.05, 3.63) is 47.0 Å². The zero-order chi connectivity index (χ0) is 18.0. The minimum absolute atomic E-state index is 0.0682. The first kappa shape index (κ1) is 17.1. The third-order valence-electron chi connectivity index (χ3n) is 4.21. The molecule has 2 aromatic rings. The van der Waals surface area contributed by atoms with Gasteiger partial charge in [0.15, 0.2) is 11.7 Å². The van der Waals surface area contributed by atoms with Gasteiger partial charge in [0.05, 0.1) is 5.69 Å². The predicted octanol–water partition coefficient (Wildman–Crippen LogP) is 2.04. The van der Waals surface area contributed by atoms with Crippen molar-refractivity contribution in [2.45, 2.75) is 31.7 Å². The second kappa shape index (κ2) is 7.00. The van der Waals surface area contributed by atoms with E-state index in [1.54, 1.807) is 12.1 Å². The first-order chi connectivity index (χ1) is 12.0. The zero-order valence-electron chi connectivity index (χ0n) is 13.3. The molecule has 1 aliphatic carbocycles. The number of hydrogen-bond donors (Lipinski definition) is 2. The Morgan fingerprint density at radius 3 is 2.76 bits per heavy atom. The molecule has 0 saturated heterocycles. The van der Waals surface area contributed by atoms with Crippen molar-refractivity contribution < 1.29 is 23.5 Å². The van der Waals surface area contributed by atoms with Crippen molar-refractivity contribution in [1.82, 2.24) is 15.1 Å². The quantitative estimate of drug-likeness (QED) is 0.865. The molecule has 8 heteroatoms. The van der Waals surface area contributed by atoms with Gasteiger partial charge >= 0.3 is 5.97 Å². The molecule has 0 bridgehead atoms. The van der Waals surface area contributed by atoms with Crippen LogP contribution < -0.4 is 5.32 Å². The van der Waals surface area contributed by atoms with Gasteiger partial charge in [0.1, 0.15) is 12.5 Å². The van der Waals surface area contributed by atoms with Gasteiger partial charge < -0.3 is 10.4 Å². The number of carboxylic acids is 1. The summed E-state index contributed by atoms with van der Waals surface area (Å²) in [7, 11) is 0. The highest BCUT2D eigenvalue weighted by Crippen LogP contribution is 2.27. The second-order valence-corrected chi connectivity index (χ2v) is 5.89. The molecule has 6 nitrogen and oxygen atoms in total. The highest BCUT2D eigenvalue weighted by atomic mass is 19.1. The monoisotopic (exact) mass is 349 g/mol. The summed E-state index contributed by atoms with van der Waals surface area (Å²) < 4.78 is 27.8. The first-order valence-corrected chi connectivity index (χ1v) is 7.97. The molecule has 1 unspecified atom stereocenters. The molecule has 2 N–H and O–H groups in total. The maximum Gasteiger partial charge on any atom is 0.328 e. The SMILES string of the molecule is O=C(NC(CF)C(=O)O)c1nn(-c2cccc(F)c2)c2c1CCCC2. The number of alkyl halides is 1. The van der Waals surface area contributed by atoms with Crippen LogP contribution in [-0.2, 0) is 17.6 Å². The van der Waals surface area contributed by atoms with Crippen LogP contribution in [0.15, 0.2) is 24.3 Å². The molecule has 3 rings (SSSR count). The molecule has 1 aliphatic rings. The number of carbonyl (C=O) groups excluding carboxylic acids is 1. The van der Waals surface area contributed by atoms with Gasteiger partial charge in [0.25, 0.3) is 5.91 Å². The third kappa shape index (κ3) is 3.38. The van der Waals surface area contributed by atoms with Gasteiger partial charge in [-0.1, -0.05) is 6.07 Å². The fraction of sp³-hybridized carbons (Fsp3) is 0.353. The Hall–Kier alpha value is -2.77. The number of aliphatic carboxylic acids is 1. The van der Waals surface area contributed by atoms with E-state index in [0.29, 0.717) is 24.1 Å². The Balaban J connectivity index is 2.00. The summed E-state index contributed by atoms with van der Waals surface area (Å²) in [6, 6.07) is 4.22. The van der Waals surface area contributed by atoms with E-state index in [9.17, 15) is 18.4 Å². The van der Waals surface area contributed by atoms with E-state index in [0.717, 1.165) is 18.5 Å². The Kier molecular flexibility index (Phi) is 4.78. The molecule has 0 radical (unpaired) electrons. The maximum atomic E-state index is 13.5. The van der Waals surface area contributed by atoms with Crippen molar-refractivity contribution in [2.75, 3.05) is 6.67 Å². The number of carbonyl (C=O) groups is 2. The number of amides is 1. The average Bonchev–Trinajstić information content (AvgIpc) is 2.99. The molecule has 1 atom stereocenters. The van der Waals surface area contributed by atoms with Crippen LogP contribution in [0.4, 0.5) is 8.78 Å². The summed E-state index contributed by atoms with van der Waals surface area (Å²) in [6.45, 7) is -1.21. The normalized spacial score (nSPS) is 14.6. The maximum absolute atomic E-state index is 13.5. The summed E-state index contributed by atoms with van der Waals surface area (Å²) in [5.41, 5.74) is 2.06. The summed E-state index contributed by atoms with van der Waals surface area (Å²) in [4.78, 5) is 23.3. The molecular formula is C17H17F2N3O3. The summed E-state index contributed by atoms with van der Waals surface area (Å²) >= 11 is 0. The first-order valence-electron chi connectivity index (χ1n) is 7.97. The fourth-order valence-electron chi connectivity index (χ4n) is 3.00. The Morgan fingerprint density at radius 2 is 2.08 bits per heavy atom. The van der Waals surface area contributed by atoms with E-state index in [2.05, 4.69) is 10.4 Å². The highest BCUT2D eigenvalue weighted by Gasteiger charge is 2.28. The number of nitrogens with one attached hydrogen (secondary N) is 1. The van der Waals surface area contributed by atoms with Crippen LogP contribution in [0.25, 0.3) is 5.69 Å². The number of carboxylic acid groups (broad SMARTS) is 1. The Morgan fingerprint density at radius 1 is 1.32 bits per heavy atom. The minimum atomic E-state index is -1.62. The second-order valence-electron chi connectivity index (χ2n) is 5.89. The molecule has 25 heavy (non-hydrogen) atoms. The molecule has 1 amide bonds. The summed E-state index contributed by atoms with van der Waals surface area (Å²) in [5, 5.41) is 15.3. The van der Waals surface area contributed by atoms with E-state index in [4.69, 9.17) is 5.11 Å². The third-order valence-corrected chi connectivity index (χ3v) is 4.21. The van der Waals surface area contributed by atoms with Crippen LogP contribution in [0.5, 0.6) is 0 Å². The largest absolute Gasteiger partial charge is 0.480 e. The van der Waals surface area contributed by atoms with Gasteiger partial charge in [-0.25, -0.2) is 18.3 Å². The number of benzene rings is 1. The van der Waals surface area contributed by atoms with Crippen molar-refractivity contribution in [3.8, 4) is 5.69 Å². The fourth-order valence-corrected chi connectivity index (χ4v) is 3.00. The molecule has 132 valence electrons. The molecule has 0 saturated carbocycles. The van der Waals surface area contributed by atoms with Gasteiger partial charge in [-0.05, 0) is 43.9 Å². The molecule has 0 aliphatic heterocycles. The van der Waals surface area contributed by atoms with Gasteiger partial charge in [0, 0.05) is 11.3 Å². The van der Waals surface area contributed by atoms with Crippen LogP contribution in [-0.4, -0.2) is 39.5 Å². The highest BCUT2D eigenvalue weighted by molar-refractivity contribution is 5.96. The lowest BCUT2D eigenvalue weighted by Crippen LogP contribution is -2.42. The molecular weight excluding hydrogens is 332 g/mol. The topological polar surface area (TPSA) is 84.2 Å². The van der Waals surface area contributed by atoms with Gasteiger partial charge in [0.2, 0.25) is 0 Å². The average molecular weight is 349 g/mol. The number of fused-ring (bicyclic) bond motifs is 1. The van der Waals surface area contributed by atoms with Gasteiger partial charge in [-0.3, -0.25) is 4.79 Å². The lowest BCUT2D eigenvalue weighted by Gasteiger charge is -2.14. The zero-order valence-corrected chi connectivity index (χ0v) is 13.3. The van der Waals surface area contributed by atoms with Crippen molar-refractivity contribution >= 4 is 11.9 Å². The molecule has 1 aromatic heterocycles. The van der Waals surface area contributed by atoms with Crippen LogP contribution >= 0.6 is 0 Å². The summed E-state index contributed by atoms with van der Waals surface area (Å²) in [5.74, 6) is -2.61. The number of nitrogens with zero attached hydrogens (tertiary/aromatic N) is 2. The van der Waals surface area contributed by atoms with Crippen molar-refractivity contribution in [3.63, 3.8) is 0 Å². The lowest BCUT2D eigenvalue weighted by atomic mass is 9.95. The molecule has 0 spiro atoms. The minimum Gasteiger partial charge on any atom is -0.480 e. The van der Waals surface area contributed by atoms with Crippen LogP contribution in [0.1, 0.15) is 34.6 Å². The van der Waals surface area contributed by atoms with Crippen LogP contribution in [0.3, 0.4) is 0 Å². The van der Waals surface area contributed by atoms with E-state index >= 15 is 0 Å². The van der Waals surface area contributed by atoms with E-state index in [-0.39, 0.29) is 5.69 Å². The van der Waals surface area contributed by atoms with E-state index < -0.39 is 30.4 Å². The van der Waals surface area contributed by atoms with Crippen LogP contribution in [0.2, 0.25) is 0 Å². The number of rotatable bonds is 5. The number of aromatic nitrogens is 2. The molecule has 1 aromatic carbocycles. The standard InChI is InChI=1S/C17H17F2N3O3/c18-9-13(17(24)25)20-16(23)15-12-6-1-2-7-14(12)22(21-15)11-5-3-4-10(19)8-11/h3-5,8,13H,1-2,6-7,9H2,(H,20,23)(H,24,25). The van der Waals surface area contributed by atoms with Crippen LogP contribution in [0, 0.1) is 5.82 Å². The van der Waals surface area contributed by atoms with E-state index in [1.807, 2.05) is 0 Å². The molecule has 0 fully saturated rings. The smallest absolute Gasteiger partial charge is 0.328 e. The summed E-state index contributed by atoms with van der Waals surface area (Å²) in [6.07, 6.45) is 3.07. The number of hydrogen-bond acceptors (Lipinski definition) is 3. The van der Waals surface area contributed by atoms with E-state index in [1.165, 1.54) is 16.8 Å². The predicted molar refractivity (Wildman–Crippen MR) is 85.0 cm³/mol. The lowest BCUT2D eigenvalue weighted by molar-refractivity contribution is -0.139. The Bertz CT molecular complexity index is 819. The number of halogens is 2.